The Morgan fingerprint density at radius 1 is 1.25 bits per heavy atom. The Balaban J connectivity index is 1.44. The van der Waals surface area contributed by atoms with Crippen molar-refractivity contribution in [3.8, 4) is 0 Å². The van der Waals surface area contributed by atoms with Crippen LogP contribution in [0.15, 0.2) is 52.7 Å². The molecular weight excluding hydrogens is 316 g/mol. The molecule has 0 spiro atoms. The number of fused-ring (bicyclic) bond motifs is 2. The van der Waals surface area contributed by atoms with Gasteiger partial charge in [0.25, 0.3) is 0 Å². The molecule has 5 heteroatoms. The molecule has 0 radical (unpaired) electrons. The van der Waals surface area contributed by atoms with Crippen molar-refractivity contribution < 1.29 is 0 Å². The van der Waals surface area contributed by atoms with Crippen LogP contribution >= 0.6 is 11.8 Å². The smallest absolute Gasteiger partial charge is 0.163 e. The first-order chi connectivity index (χ1) is 11.8. The lowest BCUT2D eigenvalue weighted by Crippen LogP contribution is -2.32. The Kier molecular flexibility index (Phi) is 4.54. The normalized spacial score (nSPS) is 18.2. The third-order valence-electron chi connectivity index (χ3n) is 4.67. The molecule has 2 aliphatic rings. The van der Waals surface area contributed by atoms with Crippen LogP contribution in [0.5, 0.6) is 0 Å². The fraction of sp³-hybridized carbons (Fsp3) is 0.368. The lowest BCUT2D eigenvalue weighted by atomic mass is 9.96. The van der Waals surface area contributed by atoms with E-state index in [9.17, 15) is 0 Å². The highest BCUT2D eigenvalue weighted by Gasteiger charge is 2.20. The van der Waals surface area contributed by atoms with Crippen LogP contribution in [0, 0.1) is 5.92 Å². The van der Waals surface area contributed by atoms with Crippen LogP contribution in [-0.2, 0) is 6.54 Å². The number of likely N-dealkylation sites (tertiary alicyclic amines) is 1. The van der Waals surface area contributed by atoms with Gasteiger partial charge in [0.2, 0.25) is 0 Å². The highest BCUT2D eigenvalue weighted by atomic mass is 32.2. The lowest BCUT2D eigenvalue weighted by molar-refractivity contribution is 0.195. The fourth-order valence-electron chi connectivity index (χ4n) is 3.41. The predicted octanol–water partition coefficient (Wildman–Crippen LogP) is 4.47. The number of piperidine rings is 1. The molecule has 1 N–H and O–H groups in total. The molecule has 0 bridgehead atoms. The second-order valence-electron chi connectivity index (χ2n) is 6.41. The van der Waals surface area contributed by atoms with Gasteiger partial charge in [-0.2, -0.15) is 0 Å². The number of allylic oxidation sites excluding steroid dienone is 2. The molecule has 2 aromatic rings. The average molecular weight is 338 g/mol. The lowest BCUT2D eigenvalue weighted by Gasteiger charge is -2.31. The van der Waals surface area contributed by atoms with Gasteiger partial charge in [0, 0.05) is 23.8 Å². The summed E-state index contributed by atoms with van der Waals surface area (Å²) in [5.74, 6) is 1.63. The molecule has 4 rings (SSSR count). The van der Waals surface area contributed by atoms with Crippen LogP contribution in [0.25, 0.3) is 0 Å². The third-order valence-corrected chi connectivity index (χ3v) is 5.74. The van der Waals surface area contributed by atoms with Crippen molar-refractivity contribution in [2.24, 2.45) is 5.92 Å². The first kappa shape index (κ1) is 15.7. The van der Waals surface area contributed by atoms with E-state index < -0.39 is 0 Å². The van der Waals surface area contributed by atoms with Gasteiger partial charge >= 0.3 is 0 Å². The maximum atomic E-state index is 4.38. The summed E-state index contributed by atoms with van der Waals surface area (Å²) in [6, 6.07) is 6.71. The van der Waals surface area contributed by atoms with Crippen molar-refractivity contribution in [3.63, 3.8) is 0 Å². The molecule has 3 heterocycles. The highest BCUT2D eigenvalue weighted by Crippen LogP contribution is 2.42. The van der Waals surface area contributed by atoms with Gasteiger partial charge in [0.1, 0.15) is 5.03 Å². The largest absolute Gasteiger partial charge is 0.337 e. The molecule has 24 heavy (non-hydrogen) atoms. The topological polar surface area (TPSA) is 41.0 Å². The van der Waals surface area contributed by atoms with Crippen LogP contribution in [0.1, 0.15) is 25.3 Å². The molecule has 1 fully saturated rings. The fourth-order valence-corrected chi connectivity index (χ4v) is 4.29. The number of nitrogens with zero attached hydrogens (tertiary/aromatic N) is 3. The number of anilines is 2. The van der Waals surface area contributed by atoms with Gasteiger partial charge in [-0.25, -0.2) is 9.97 Å². The number of nitrogens with one attached hydrogen (secondary N) is 1. The SMILES string of the molecule is C/C=C/C1CCN(Cc2ccc3c(c2)Nc2nccnc2S3)CC1. The molecule has 0 aliphatic carbocycles. The van der Waals surface area contributed by atoms with Crippen molar-refractivity contribution in [1.29, 1.82) is 0 Å². The molecule has 124 valence electrons. The minimum atomic E-state index is 0.767. The first-order valence-corrected chi connectivity index (χ1v) is 9.37. The van der Waals surface area contributed by atoms with Gasteiger partial charge < -0.3 is 5.32 Å². The first-order valence-electron chi connectivity index (χ1n) is 8.56. The summed E-state index contributed by atoms with van der Waals surface area (Å²) in [6.45, 7) is 5.51. The Morgan fingerprint density at radius 2 is 2.08 bits per heavy atom. The Bertz CT molecular complexity index is 751. The zero-order chi connectivity index (χ0) is 16.4. The third kappa shape index (κ3) is 3.32. The van der Waals surface area contributed by atoms with Crippen molar-refractivity contribution >= 4 is 23.3 Å². The zero-order valence-electron chi connectivity index (χ0n) is 13.9. The number of rotatable bonds is 3. The van der Waals surface area contributed by atoms with Gasteiger partial charge in [-0.1, -0.05) is 30.0 Å². The molecule has 1 saturated heterocycles. The molecular formula is C19H22N4S. The molecule has 0 unspecified atom stereocenters. The molecule has 1 aromatic carbocycles. The Morgan fingerprint density at radius 3 is 2.92 bits per heavy atom. The van der Waals surface area contributed by atoms with Crippen LogP contribution in [0.2, 0.25) is 0 Å². The van der Waals surface area contributed by atoms with Crippen LogP contribution < -0.4 is 5.32 Å². The maximum absolute atomic E-state index is 4.38. The number of hydrogen-bond acceptors (Lipinski definition) is 5. The summed E-state index contributed by atoms with van der Waals surface area (Å²) in [4.78, 5) is 12.5. The highest BCUT2D eigenvalue weighted by molar-refractivity contribution is 7.99. The molecule has 0 amide bonds. The minimum absolute atomic E-state index is 0.767. The van der Waals surface area contributed by atoms with Gasteiger partial charge in [-0.3, -0.25) is 4.90 Å². The standard InChI is InChI=1S/C19H22N4S/c1-2-3-14-6-10-23(11-7-14)13-15-4-5-17-16(12-15)22-18-19(24-17)21-9-8-20-18/h2-5,8-9,12,14H,6-7,10-11,13H2,1H3,(H,20,22)/b3-2+. The Labute approximate surface area is 147 Å². The second-order valence-corrected chi connectivity index (χ2v) is 7.44. The van der Waals surface area contributed by atoms with Crippen molar-refractivity contribution in [3.05, 3.63) is 48.3 Å². The molecule has 4 nitrogen and oxygen atoms in total. The van der Waals surface area contributed by atoms with Crippen LogP contribution in [-0.4, -0.2) is 28.0 Å². The summed E-state index contributed by atoms with van der Waals surface area (Å²) in [6.07, 6.45) is 10.6. The summed E-state index contributed by atoms with van der Waals surface area (Å²) in [7, 11) is 0. The molecule has 0 atom stereocenters. The van der Waals surface area contributed by atoms with Crippen LogP contribution in [0.4, 0.5) is 11.5 Å². The van der Waals surface area contributed by atoms with E-state index in [4.69, 9.17) is 0 Å². The van der Waals surface area contributed by atoms with Crippen molar-refractivity contribution in [1.82, 2.24) is 14.9 Å². The van der Waals surface area contributed by atoms with Gasteiger partial charge in [-0.05, 0) is 56.5 Å². The average Bonchev–Trinajstić information content (AvgIpc) is 2.62. The second kappa shape index (κ2) is 6.95. The van der Waals surface area contributed by atoms with E-state index in [-0.39, 0.29) is 0 Å². The van der Waals surface area contributed by atoms with E-state index in [1.54, 1.807) is 24.2 Å². The quantitative estimate of drug-likeness (QED) is 0.714. The Hall–Kier alpha value is -1.85. The molecule has 2 aliphatic heterocycles. The van der Waals surface area contributed by atoms with Crippen molar-refractivity contribution in [2.75, 3.05) is 18.4 Å². The van der Waals surface area contributed by atoms with Gasteiger partial charge in [-0.15, -0.1) is 0 Å². The summed E-state index contributed by atoms with van der Waals surface area (Å²) < 4.78 is 0. The number of aromatic nitrogens is 2. The maximum Gasteiger partial charge on any atom is 0.163 e. The minimum Gasteiger partial charge on any atom is -0.337 e. The number of hydrogen-bond donors (Lipinski definition) is 1. The van der Waals surface area contributed by atoms with Crippen LogP contribution in [0.3, 0.4) is 0 Å². The summed E-state index contributed by atoms with van der Waals surface area (Å²) in [5.41, 5.74) is 2.51. The molecule has 0 saturated carbocycles. The van der Waals surface area contributed by atoms with E-state index in [0.717, 1.165) is 29.0 Å². The molecule has 1 aromatic heterocycles. The monoisotopic (exact) mass is 338 g/mol. The summed E-state index contributed by atoms with van der Waals surface area (Å²) >= 11 is 1.69. The van der Waals surface area contributed by atoms with E-state index in [1.165, 1.54) is 36.4 Å². The van der Waals surface area contributed by atoms with E-state index in [1.807, 2.05) is 0 Å². The zero-order valence-corrected chi connectivity index (χ0v) is 14.7. The van der Waals surface area contributed by atoms with Crippen molar-refractivity contribution in [2.45, 2.75) is 36.2 Å². The number of benzene rings is 1. The van der Waals surface area contributed by atoms with E-state index >= 15 is 0 Å². The summed E-state index contributed by atoms with van der Waals surface area (Å²) in [5, 5.41) is 4.37. The van der Waals surface area contributed by atoms with Gasteiger partial charge in [0.15, 0.2) is 5.82 Å². The van der Waals surface area contributed by atoms with E-state index in [2.05, 4.69) is 57.5 Å². The predicted molar refractivity (Wildman–Crippen MR) is 98.7 cm³/mol. The van der Waals surface area contributed by atoms with Gasteiger partial charge in [0.05, 0.1) is 5.69 Å². The van der Waals surface area contributed by atoms with E-state index in [0.29, 0.717) is 0 Å².